The molecule has 3 amide bonds. The van der Waals surface area contributed by atoms with Crippen molar-refractivity contribution in [3.63, 3.8) is 0 Å². The molecule has 0 spiro atoms. The normalized spacial score (nSPS) is 9.58. The van der Waals surface area contributed by atoms with Gasteiger partial charge in [0.05, 0.1) is 7.11 Å². The Hall–Kier alpha value is -2.57. The molecule has 3 N–H and O–H groups in total. The number of carbonyl (C=O) groups is 3. The van der Waals surface area contributed by atoms with Gasteiger partial charge in [-0.25, -0.2) is 9.59 Å². The van der Waals surface area contributed by atoms with E-state index >= 15 is 0 Å². The van der Waals surface area contributed by atoms with Crippen LogP contribution >= 0.6 is 0 Å². The first kappa shape index (κ1) is 14.5. The van der Waals surface area contributed by atoms with Crippen molar-refractivity contribution in [2.24, 2.45) is 5.73 Å². The highest BCUT2D eigenvalue weighted by Gasteiger charge is 2.15. The minimum absolute atomic E-state index is 0.203. The number of benzene rings is 1. The molecule has 0 radical (unpaired) electrons. The number of carbonyl (C=O) groups excluding carboxylic acids is 3. The third kappa shape index (κ3) is 4.30. The van der Waals surface area contributed by atoms with Crippen LogP contribution in [0.15, 0.2) is 18.2 Å². The molecule has 7 heteroatoms. The molecule has 0 aliphatic carbocycles. The fraction of sp³-hybridized carbons (Fsp3) is 0.250. The van der Waals surface area contributed by atoms with Gasteiger partial charge in [0.25, 0.3) is 5.91 Å². The van der Waals surface area contributed by atoms with E-state index in [-0.39, 0.29) is 5.56 Å². The summed E-state index contributed by atoms with van der Waals surface area (Å²) in [6.45, 7) is 1.20. The molecule has 0 aliphatic rings. The highest BCUT2D eigenvalue weighted by atomic mass is 16.5. The van der Waals surface area contributed by atoms with Gasteiger partial charge in [0.1, 0.15) is 11.3 Å². The maximum absolute atomic E-state index is 11.8. The predicted octanol–water partition coefficient (Wildman–Crippen LogP) is 0.355. The molecule has 0 aromatic heterocycles. The molecule has 0 atom stereocenters. The number of primary amides is 1. The largest absolute Gasteiger partial charge is 0.496 e. The Balaban J connectivity index is 2.70. The van der Waals surface area contributed by atoms with Crippen molar-refractivity contribution in [2.45, 2.75) is 6.92 Å². The van der Waals surface area contributed by atoms with Gasteiger partial charge in [-0.3, -0.25) is 10.1 Å². The number of aryl methyl sites for hydroxylation is 1. The molecule has 1 aromatic rings. The first-order valence-electron chi connectivity index (χ1n) is 5.35. The third-order valence-corrected chi connectivity index (χ3v) is 2.17. The van der Waals surface area contributed by atoms with E-state index in [0.717, 1.165) is 5.56 Å². The molecule has 0 saturated carbocycles. The molecule has 7 nitrogen and oxygen atoms in total. The molecule has 1 rings (SSSR count). The molecule has 19 heavy (non-hydrogen) atoms. The lowest BCUT2D eigenvalue weighted by Gasteiger charge is -2.09. The Morgan fingerprint density at radius 3 is 2.58 bits per heavy atom. The maximum atomic E-state index is 11.8. The number of amides is 3. The summed E-state index contributed by atoms with van der Waals surface area (Å²) < 4.78 is 9.77. The number of nitrogens with one attached hydrogen (secondary N) is 1. The predicted molar refractivity (Wildman–Crippen MR) is 65.7 cm³/mol. The van der Waals surface area contributed by atoms with Crippen molar-refractivity contribution in [1.29, 1.82) is 0 Å². The van der Waals surface area contributed by atoms with E-state index in [0.29, 0.717) is 5.75 Å². The van der Waals surface area contributed by atoms with Gasteiger partial charge in [-0.05, 0) is 19.1 Å². The van der Waals surface area contributed by atoms with Gasteiger partial charge in [-0.2, -0.15) is 0 Å². The Kier molecular flexibility index (Phi) is 4.87. The number of ether oxygens (including phenoxy) is 2. The number of rotatable bonds is 4. The second-order valence-corrected chi connectivity index (χ2v) is 3.69. The SMILES string of the molecule is COc1ccc(C)cc1C(=O)OCC(=O)NC(N)=O. The highest BCUT2D eigenvalue weighted by molar-refractivity contribution is 5.97. The Bertz CT molecular complexity index is 513. The van der Waals surface area contributed by atoms with Gasteiger partial charge >= 0.3 is 12.0 Å². The number of urea groups is 1. The summed E-state index contributed by atoms with van der Waals surface area (Å²) in [5, 5.41) is 1.78. The Morgan fingerprint density at radius 1 is 1.32 bits per heavy atom. The van der Waals surface area contributed by atoms with Crippen LogP contribution in [-0.2, 0) is 9.53 Å². The van der Waals surface area contributed by atoms with Crippen molar-refractivity contribution in [3.05, 3.63) is 29.3 Å². The Labute approximate surface area is 109 Å². The van der Waals surface area contributed by atoms with E-state index in [4.69, 9.17) is 15.2 Å². The summed E-state index contributed by atoms with van der Waals surface area (Å²) in [6, 6.07) is 3.96. The summed E-state index contributed by atoms with van der Waals surface area (Å²) in [4.78, 5) is 33.3. The number of esters is 1. The Morgan fingerprint density at radius 2 is 2.00 bits per heavy atom. The molecule has 0 unspecified atom stereocenters. The monoisotopic (exact) mass is 266 g/mol. The van der Waals surface area contributed by atoms with Crippen molar-refractivity contribution < 1.29 is 23.9 Å². The topological polar surface area (TPSA) is 108 Å². The first-order valence-corrected chi connectivity index (χ1v) is 5.35. The van der Waals surface area contributed by atoms with Gasteiger partial charge in [0.15, 0.2) is 6.61 Å². The molecule has 0 saturated heterocycles. The molecule has 102 valence electrons. The van der Waals surface area contributed by atoms with Crippen molar-refractivity contribution in [3.8, 4) is 5.75 Å². The minimum atomic E-state index is -1.01. The van der Waals surface area contributed by atoms with E-state index in [9.17, 15) is 14.4 Å². The molecule has 0 fully saturated rings. The summed E-state index contributed by atoms with van der Waals surface area (Å²) in [5.41, 5.74) is 5.79. The average Bonchev–Trinajstić information content (AvgIpc) is 2.35. The van der Waals surface area contributed by atoms with Crippen molar-refractivity contribution in [1.82, 2.24) is 5.32 Å². The lowest BCUT2D eigenvalue weighted by Crippen LogP contribution is -2.37. The standard InChI is InChI=1S/C12H14N2O5/c1-7-3-4-9(18-2)8(5-7)11(16)19-6-10(15)14-12(13)17/h3-5H,6H2,1-2H3,(H3,13,14,15,17). The van der Waals surface area contributed by atoms with Crippen molar-refractivity contribution in [2.75, 3.05) is 13.7 Å². The van der Waals surface area contributed by atoms with E-state index in [1.807, 2.05) is 0 Å². The highest BCUT2D eigenvalue weighted by Crippen LogP contribution is 2.20. The van der Waals surface area contributed by atoms with Crippen LogP contribution in [0.25, 0.3) is 0 Å². The van der Waals surface area contributed by atoms with Crippen LogP contribution in [-0.4, -0.2) is 31.6 Å². The smallest absolute Gasteiger partial charge is 0.342 e. The molecular weight excluding hydrogens is 252 g/mol. The van der Waals surface area contributed by atoms with Crippen LogP contribution in [0, 0.1) is 6.92 Å². The van der Waals surface area contributed by atoms with E-state index in [2.05, 4.69) is 0 Å². The van der Waals surface area contributed by atoms with Gasteiger partial charge in [0, 0.05) is 0 Å². The van der Waals surface area contributed by atoms with E-state index < -0.39 is 24.5 Å². The molecule has 0 heterocycles. The lowest BCUT2D eigenvalue weighted by molar-refractivity contribution is -0.123. The number of nitrogens with two attached hydrogens (primary N) is 1. The second-order valence-electron chi connectivity index (χ2n) is 3.69. The van der Waals surface area contributed by atoms with Crippen molar-refractivity contribution >= 4 is 17.9 Å². The summed E-state index contributed by atoms with van der Waals surface area (Å²) >= 11 is 0. The van der Waals surface area contributed by atoms with Crippen LogP contribution < -0.4 is 15.8 Å². The zero-order valence-corrected chi connectivity index (χ0v) is 10.6. The minimum Gasteiger partial charge on any atom is -0.496 e. The molecule has 0 aliphatic heterocycles. The number of hydrogen-bond donors (Lipinski definition) is 2. The van der Waals surface area contributed by atoms with Crippen LogP contribution in [0.4, 0.5) is 4.79 Å². The molecular formula is C12H14N2O5. The summed E-state index contributed by atoms with van der Waals surface area (Å²) in [6.07, 6.45) is 0. The van der Waals surface area contributed by atoms with Crippen LogP contribution in [0.3, 0.4) is 0 Å². The van der Waals surface area contributed by atoms with E-state index in [1.54, 1.807) is 30.4 Å². The fourth-order valence-corrected chi connectivity index (χ4v) is 1.36. The van der Waals surface area contributed by atoms with Gasteiger partial charge in [-0.15, -0.1) is 0 Å². The fourth-order valence-electron chi connectivity index (χ4n) is 1.36. The summed E-state index contributed by atoms with van der Waals surface area (Å²) in [7, 11) is 1.42. The average molecular weight is 266 g/mol. The maximum Gasteiger partial charge on any atom is 0.342 e. The van der Waals surface area contributed by atoms with Gasteiger partial charge in [-0.1, -0.05) is 11.6 Å². The van der Waals surface area contributed by atoms with Gasteiger partial charge < -0.3 is 15.2 Å². The lowest BCUT2D eigenvalue weighted by atomic mass is 10.1. The first-order chi connectivity index (χ1) is 8.93. The summed E-state index contributed by atoms with van der Waals surface area (Å²) in [5.74, 6) is -1.18. The molecule has 1 aromatic carbocycles. The van der Waals surface area contributed by atoms with Crippen LogP contribution in [0.5, 0.6) is 5.75 Å². The van der Waals surface area contributed by atoms with Crippen LogP contribution in [0.1, 0.15) is 15.9 Å². The zero-order valence-electron chi connectivity index (χ0n) is 10.6. The number of methoxy groups -OCH3 is 1. The van der Waals surface area contributed by atoms with Crippen LogP contribution in [0.2, 0.25) is 0 Å². The zero-order chi connectivity index (χ0) is 14.4. The number of imide groups is 1. The van der Waals surface area contributed by atoms with E-state index in [1.165, 1.54) is 7.11 Å². The number of hydrogen-bond acceptors (Lipinski definition) is 5. The third-order valence-electron chi connectivity index (χ3n) is 2.17. The molecule has 0 bridgehead atoms. The van der Waals surface area contributed by atoms with Gasteiger partial charge in [0.2, 0.25) is 0 Å². The second kappa shape index (κ2) is 6.39. The quantitative estimate of drug-likeness (QED) is 0.765.